The molecule has 0 aliphatic carbocycles. The summed E-state index contributed by atoms with van der Waals surface area (Å²) in [4.78, 5) is 0. The van der Waals surface area contributed by atoms with Crippen LogP contribution in [0.5, 0.6) is 0 Å². The Labute approximate surface area is 135 Å². The molecule has 1 nitrogen and oxygen atoms in total. The zero-order valence-electron chi connectivity index (χ0n) is 12.6. The van der Waals surface area contributed by atoms with Crippen LogP contribution in [0, 0.1) is 0 Å². The van der Waals surface area contributed by atoms with E-state index in [1.807, 2.05) is 30.3 Å². The lowest BCUT2D eigenvalue weighted by Crippen LogP contribution is -1.77. The van der Waals surface area contributed by atoms with Crippen LogP contribution in [-0.4, -0.2) is 0 Å². The summed E-state index contributed by atoms with van der Waals surface area (Å²) in [5, 5.41) is 1.13. The molecule has 4 aromatic rings. The molecule has 0 bridgehead atoms. The fourth-order valence-corrected chi connectivity index (χ4v) is 2.68. The van der Waals surface area contributed by atoms with Gasteiger partial charge < -0.3 is 4.42 Å². The molecule has 0 radical (unpaired) electrons. The Kier molecular flexibility index (Phi) is 3.53. The van der Waals surface area contributed by atoms with Gasteiger partial charge in [-0.1, -0.05) is 78.9 Å². The highest BCUT2D eigenvalue weighted by molar-refractivity contribution is 5.81. The van der Waals surface area contributed by atoms with Crippen molar-refractivity contribution in [2.75, 3.05) is 0 Å². The van der Waals surface area contributed by atoms with Gasteiger partial charge in [-0.3, -0.25) is 0 Å². The number of hydrogen-bond donors (Lipinski definition) is 0. The molecule has 0 amide bonds. The van der Waals surface area contributed by atoms with Gasteiger partial charge in [0.25, 0.3) is 0 Å². The number of para-hydroxylation sites is 1. The zero-order chi connectivity index (χ0) is 15.5. The number of hydrogen-bond acceptors (Lipinski definition) is 1. The van der Waals surface area contributed by atoms with E-state index in [0.29, 0.717) is 0 Å². The number of rotatable bonds is 3. The molecule has 0 N–H and O–H groups in total. The quantitative estimate of drug-likeness (QED) is 0.434. The van der Waals surface area contributed by atoms with Gasteiger partial charge in [-0.25, -0.2) is 0 Å². The van der Waals surface area contributed by atoms with Crippen molar-refractivity contribution in [2.45, 2.75) is 0 Å². The molecule has 23 heavy (non-hydrogen) atoms. The number of benzene rings is 3. The zero-order valence-corrected chi connectivity index (χ0v) is 12.6. The predicted octanol–water partition coefficient (Wildman–Crippen LogP) is 6.27. The summed E-state index contributed by atoms with van der Waals surface area (Å²) in [6.07, 6.45) is 4.09. The third-order valence-electron chi connectivity index (χ3n) is 3.90. The molecule has 0 atom stereocenters. The minimum atomic E-state index is 0.873. The molecule has 0 saturated heterocycles. The number of furan rings is 1. The minimum Gasteiger partial charge on any atom is -0.457 e. The van der Waals surface area contributed by atoms with Crippen LogP contribution >= 0.6 is 0 Å². The Hall–Kier alpha value is -3.06. The van der Waals surface area contributed by atoms with Crippen LogP contribution in [0.1, 0.15) is 11.3 Å². The Morgan fingerprint density at radius 1 is 0.609 bits per heavy atom. The second kappa shape index (κ2) is 5.98. The van der Waals surface area contributed by atoms with Crippen molar-refractivity contribution in [1.82, 2.24) is 0 Å². The van der Waals surface area contributed by atoms with E-state index in [4.69, 9.17) is 4.42 Å². The fraction of sp³-hybridized carbons (Fsp3) is 0. The maximum Gasteiger partial charge on any atom is 0.134 e. The van der Waals surface area contributed by atoms with E-state index in [1.165, 1.54) is 11.1 Å². The molecule has 1 aromatic heterocycles. The molecule has 0 unspecified atom stereocenters. The summed E-state index contributed by atoms with van der Waals surface area (Å²) < 4.78 is 5.80. The Morgan fingerprint density at radius 2 is 1.30 bits per heavy atom. The molecule has 0 saturated carbocycles. The first kappa shape index (κ1) is 13.6. The van der Waals surface area contributed by atoms with Gasteiger partial charge in [0.05, 0.1) is 0 Å². The highest BCUT2D eigenvalue weighted by Gasteiger charge is 1.99. The standard InChI is InChI=1S/C22H16O/c1-2-6-18(7-3-1)19-13-10-17(11-14-19)12-15-21-16-20-8-4-5-9-22(20)23-21/h1-16H. The summed E-state index contributed by atoms with van der Waals surface area (Å²) in [6.45, 7) is 0. The summed E-state index contributed by atoms with van der Waals surface area (Å²) in [6, 6.07) is 29.1. The van der Waals surface area contributed by atoms with Crippen molar-refractivity contribution >= 4 is 23.1 Å². The van der Waals surface area contributed by atoms with E-state index in [0.717, 1.165) is 22.3 Å². The molecule has 0 spiro atoms. The molecule has 3 aromatic carbocycles. The van der Waals surface area contributed by atoms with Gasteiger partial charge >= 0.3 is 0 Å². The molecular formula is C22H16O. The van der Waals surface area contributed by atoms with E-state index in [2.05, 4.69) is 66.7 Å². The summed E-state index contributed by atoms with van der Waals surface area (Å²) in [5.41, 5.74) is 4.54. The van der Waals surface area contributed by atoms with Crippen LogP contribution in [-0.2, 0) is 0 Å². The largest absolute Gasteiger partial charge is 0.457 e. The topological polar surface area (TPSA) is 13.1 Å². The second-order valence-corrected chi connectivity index (χ2v) is 5.51. The molecule has 1 heteroatoms. The van der Waals surface area contributed by atoms with Crippen molar-refractivity contribution in [3.05, 3.63) is 96.3 Å². The molecule has 0 aliphatic rings. The highest BCUT2D eigenvalue weighted by Crippen LogP contribution is 2.22. The third-order valence-corrected chi connectivity index (χ3v) is 3.90. The average molecular weight is 296 g/mol. The van der Waals surface area contributed by atoms with Crippen molar-refractivity contribution in [1.29, 1.82) is 0 Å². The van der Waals surface area contributed by atoms with E-state index in [9.17, 15) is 0 Å². The van der Waals surface area contributed by atoms with Crippen LogP contribution in [0.15, 0.2) is 89.3 Å². The van der Waals surface area contributed by atoms with Crippen LogP contribution in [0.4, 0.5) is 0 Å². The second-order valence-electron chi connectivity index (χ2n) is 5.51. The SMILES string of the molecule is C(=Cc1cc2ccccc2o1)c1ccc(-c2ccccc2)cc1. The smallest absolute Gasteiger partial charge is 0.134 e. The first-order valence-corrected chi connectivity index (χ1v) is 7.71. The van der Waals surface area contributed by atoms with E-state index in [-0.39, 0.29) is 0 Å². The molecular weight excluding hydrogens is 280 g/mol. The lowest BCUT2D eigenvalue weighted by Gasteiger charge is -2.01. The molecule has 4 rings (SSSR count). The van der Waals surface area contributed by atoms with Gasteiger partial charge in [-0.2, -0.15) is 0 Å². The lowest BCUT2D eigenvalue weighted by molar-refractivity contribution is 0.604. The van der Waals surface area contributed by atoms with Gasteiger partial charge in [0.1, 0.15) is 11.3 Å². The monoisotopic (exact) mass is 296 g/mol. The Bertz CT molecular complexity index is 911. The third kappa shape index (κ3) is 2.95. The van der Waals surface area contributed by atoms with Crippen molar-refractivity contribution in [3.8, 4) is 11.1 Å². The molecule has 110 valence electrons. The fourth-order valence-electron chi connectivity index (χ4n) is 2.68. The maximum absolute atomic E-state index is 5.80. The van der Waals surface area contributed by atoms with Gasteiger partial charge in [0.15, 0.2) is 0 Å². The number of fused-ring (bicyclic) bond motifs is 1. The van der Waals surface area contributed by atoms with E-state index in [1.54, 1.807) is 0 Å². The van der Waals surface area contributed by atoms with Crippen LogP contribution < -0.4 is 0 Å². The molecule has 0 aliphatic heterocycles. The van der Waals surface area contributed by atoms with Gasteiger partial charge in [0, 0.05) is 5.39 Å². The predicted molar refractivity (Wildman–Crippen MR) is 97.0 cm³/mol. The highest BCUT2D eigenvalue weighted by atomic mass is 16.3. The minimum absolute atomic E-state index is 0.873. The van der Waals surface area contributed by atoms with Crippen LogP contribution in [0.2, 0.25) is 0 Å². The first-order chi connectivity index (χ1) is 11.4. The van der Waals surface area contributed by atoms with Crippen molar-refractivity contribution < 1.29 is 4.42 Å². The van der Waals surface area contributed by atoms with Gasteiger partial charge in [-0.05, 0) is 34.9 Å². The van der Waals surface area contributed by atoms with E-state index >= 15 is 0 Å². The van der Waals surface area contributed by atoms with Crippen LogP contribution in [0.3, 0.4) is 0 Å². The summed E-state index contributed by atoms with van der Waals surface area (Å²) >= 11 is 0. The first-order valence-electron chi connectivity index (χ1n) is 7.71. The van der Waals surface area contributed by atoms with Gasteiger partial charge in [0.2, 0.25) is 0 Å². The normalized spacial score (nSPS) is 11.3. The summed E-state index contributed by atoms with van der Waals surface area (Å²) in [5.74, 6) is 0.873. The lowest BCUT2D eigenvalue weighted by atomic mass is 10.0. The van der Waals surface area contributed by atoms with E-state index < -0.39 is 0 Å². The Balaban J connectivity index is 1.56. The van der Waals surface area contributed by atoms with Gasteiger partial charge in [-0.15, -0.1) is 0 Å². The van der Waals surface area contributed by atoms with Crippen LogP contribution in [0.25, 0.3) is 34.2 Å². The van der Waals surface area contributed by atoms with Crippen molar-refractivity contribution in [2.24, 2.45) is 0 Å². The molecule has 0 fully saturated rings. The molecule has 1 heterocycles. The Morgan fingerprint density at radius 3 is 2.09 bits per heavy atom. The van der Waals surface area contributed by atoms with Crippen molar-refractivity contribution in [3.63, 3.8) is 0 Å². The maximum atomic E-state index is 5.80. The average Bonchev–Trinajstić information content (AvgIpc) is 3.04. The summed E-state index contributed by atoms with van der Waals surface area (Å²) in [7, 11) is 0.